The Balaban J connectivity index is 2.41. The van der Waals surface area contributed by atoms with Crippen molar-refractivity contribution in [1.29, 1.82) is 0 Å². The number of anilines is 1. The molecule has 2 aromatic rings. The zero-order valence-electron chi connectivity index (χ0n) is 25.8. The lowest BCUT2D eigenvalue weighted by atomic mass is 9.85. The molecule has 13 nitrogen and oxygen atoms in total. The predicted octanol–water partition coefficient (Wildman–Crippen LogP) is 2.77. The van der Waals surface area contributed by atoms with Crippen LogP contribution in [0.5, 0.6) is 0 Å². The Morgan fingerprint density at radius 1 is 0.933 bits per heavy atom. The van der Waals surface area contributed by atoms with Crippen LogP contribution in [0.25, 0.3) is 0 Å². The number of nitrogens with one attached hydrogen (secondary N) is 3. The van der Waals surface area contributed by atoms with Gasteiger partial charge in [0.2, 0.25) is 5.91 Å². The number of esters is 1. The molecule has 0 spiro atoms. The van der Waals surface area contributed by atoms with Gasteiger partial charge in [0.25, 0.3) is 17.7 Å². The van der Waals surface area contributed by atoms with Gasteiger partial charge < -0.3 is 26.2 Å². The lowest BCUT2D eigenvalue weighted by Crippen LogP contribution is -2.57. The van der Waals surface area contributed by atoms with Crippen LogP contribution in [-0.4, -0.2) is 63.9 Å². The molecule has 0 aliphatic carbocycles. The number of aliphatic carboxylic acids is 1. The van der Waals surface area contributed by atoms with E-state index in [9.17, 15) is 28.8 Å². The summed E-state index contributed by atoms with van der Waals surface area (Å²) in [6.45, 7) is 9.17. The number of carbonyl (C=O) groups excluding carboxylic acids is 5. The molecule has 2 rings (SSSR count). The van der Waals surface area contributed by atoms with Crippen LogP contribution in [-0.2, 0) is 28.7 Å². The maximum Gasteiger partial charge on any atom is 0.328 e. The lowest BCUT2D eigenvalue weighted by molar-refractivity contribution is -0.160. The molecule has 0 bridgehead atoms. The van der Waals surface area contributed by atoms with Crippen molar-refractivity contribution < 1.29 is 38.6 Å². The molecule has 14 heteroatoms. The zero-order chi connectivity index (χ0) is 34.1. The first-order valence-corrected chi connectivity index (χ1v) is 14.1. The Morgan fingerprint density at radius 2 is 1.56 bits per heavy atom. The molecule has 0 saturated carbocycles. The molecule has 0 saturated heterocycles. The standard InChI is InChI=1S/C31H38ClN5O8/c1-30(2,3)26(35-27(42)19-12-13-21(33)20(32)16-19)29(44)34-25(18-10-8-7-9-11-18)28(43)36-37(22(38)14-15-23(39)40)17-24(41)45-31(4,5)6/h7-16,25-26H,17,33H2,1-6H3,(H,34,44)(H,35,42)(H,36,43)(H,39,40)/b15-14+/t25?,26-/m1/s1. The number of carboxylic acids is 1. The van der Waals surface area contributed by atoms with Gasteiger partial charge in [-0.05, 0) is 49.9 Å². The van der Waals surface area contributed by atoms with Crippen LogP contribution in [0.4, 0.5) is 5.69 Å². The molecular formula is C31H38ClN5O8. The summed E-state index contributed by atoms with van der Waals surface area (Å²) in [7, 11) is 0. The number of halogens is 1. The monoisotopic (exact) mass is 643 g/mol. The maximum atomic E-state index is 13.7. The van der Waals surface area contributed by atoms with Crippen molar-refractivity contribution in [2.75, 3.05) is 12.3 Å². The third-order valence-electron chi connectivity index (χ3n) is 5.93. The van der Waals surface area contributed by atoms with E-state index in [2.05, 4.69) is 16.1 Å². The van der Waals surface area contributed by atoms with E-state index in [0.29, 0.717) is 22.7 Å². The molecular weight excluding hydrogens is 606 g/mol. The summed E-state index contributed by atoms with van der Waals surface area (Å²) in [5.74, 6) is -5.67. The molecule has 1 unspecified atom stereocenters. The Labute approximate surface area is 266 Å². The Bertz CT molecular complexity index is 1460. The van der Waals surface area contributed by atoms with E-state index >= 15 is 0 Å². The fourth-order valence-electron chi connectivity index (χ4n) is 3.84. The SMILES string of the molecule is CC(C)(C)OC(=O)CN(NC(=O)C(NC(=O)[C@@H](NC(=O)c1ccc(N)c(Cl)c1)C(C)(C)C)c1ccccc1)C(=O)/C=C/C(=O)O. The van der Waals surface area contributed by atoms with E-state index in [4.69, 9.17) is 27.2 Å². The highest BCUT2D eigenvalue weighted by Crippen LogP contribution is 2.24. The molecule has 0 aliphatic rings. The van der Waals surface area contributed by atoms with Crippen molar-refractivity contribution >= 4 is 52.9 Å². The molecule has 45 heavy (non-hydrogen) atoms. The van der Waals surface area contributed by atoms with Crippen molar-refractivity contribution in [2.24, 2.45) is 5.41 Å². The van der Waals surface area contributed by atoms with E-state index in [1.807, 2.05) is 0 Å². The maximum absolute atomic E-state index is 13.7. The number of hydrogen-bond acceptors (Lipinski definition) is 8. The zero-order valence-corrected chi connectivity index (χ0v) is 26.6. The highest BCUT2D eigenvalue weighted by Gasteiger charge is 2.36. The average Bonchev–Trinajstić information content (AvgIpc) is 2.92. The second-order valence-corrected chi connectivity index (χ2v) is 12.4. The third-order valence-corrected chi connectivity index (χ3v) is 6.26. The van der Waals surface area contributed by atoms with Crippen LogP contribution in [0.2, 0.25) is 5.02 Å². The van der Waals surface area contributed by atoms with E-state index in [1.165, 1.54) is 18.2 Å². The van der Waals surface area contributed by atoms with Gasteiger partial charge in [0.15, 0.2) is 0 Å². The van der Waals surface area contributed by atoms with Gasteiger partial charge in [-0.3, -0.25) is 29.4 Å². The predicted molar refractivity (Wildman–Crippen MR) is 166 cm³/mol. The number of benzene rings is 2. The van der Waals surface area contributed by atoms with Gasteiger partial charge in [0.05, 0.1) is 10.7 Å². The summed E-state index contributed by atoms with van der Waals surface area (Å²) in [5.41, 5.74) is 6.98. The minimum absolute atomic E-state index is 0.152. The molecule has 0 radical (unpaired) electrons. The third kappa shape index (κ3) is 11.6. The minimum atomic E-state index is -1.43. The van der Waals surface area contributed by atoms with Gasteiger partial charge in [-0.2, -0.15) is 0 Å². The molecule has 2 atom stereocenters. The Hall–Kier alpha value is -4.91. The molecule has 2 aromatic carbocycles. The fourth-order valence-corrected chi connectivity index (χ4v) is 4.02. The minimum Gasteiger partial charge on any atom is -0.478 e. The number of carboxylic acid groups (broad SMARTS) is 1. The summed E-state index contributed by atoms with van der Waals surface area (Å²) < 4.78 is 5.24. The Kier molecular flexibility index (Phi) is 12.3. The quantitative estimate of drug-likeness (QED) is 0.112. The number of nitrogens with two attached hydrogens (primary N) is 1. The highest BCUT2D eigenvalue weighted by atomic mass is 35.5. The number of rotatable bonds is 10. The van der Waals surface area contributed by atoms with Crippen LogP contribution in [0.3, 0.4) is 0 Å². The molecule has 6 N–H and O–H groups in total. The van der Waals surface area contributed by atoms with Gasteiger partial charge in [0, 0.05) is 17.7 Å². The first-order valence-electron chi connectivity index (χ1n) is 13.7. The van der Waals surface area contributed by atoms with Crippen LogP contribution < -0.4 is 21.8 Å². The average molecular weight is 644 g/mol. The van der Waals surface area contributed by atoms with Gasteiger partial charge in [-0.25, -0.2) is 9.80 Å². The Morgan fingerprint density at radius 3 is 2.09 bits per heavy atom. The second kappa shape index (κ2) is 15.2. The number of hydrogen-bond donors (Lipinski definition) is 5. The van der Waals surface area contributed by atoms with E-state index in [0.717, 1.165) is 0 Å². The number of amides is 4. The molecule has 0 fully saturated rings. The molecule has 0 aliphatic heterocycles. The van der Waals surface area contributed by atoms with Crippen molar-refractivity contribution in [3.05, 3.63) is 76.8 Å². The molecule has 4 amide bonds. The van der Waals surface area contributed by atoms with Crippen LogP contribution in [0.1, 0.15) is 63.5 Å². The van der Waals surface area contributed by atoms with Crippen LogP contribution in [0, 0.1) is 5.41 Å². The van der Waals surface area contributed by atoms with Crippen LogP contribution >= 0.6 is 11.6 Å². The smallest absolute Gasteiger partial charge is 0.328 e. The summed E-state index contributed by atoms with van der Waals surface area (Å²) in [5, 5.41) is 15.0. The van der Waals surface area contributed by atoms with E-state index in [-0.39, 0.29) is 16.3 Å². The van der Waals surface area contributed by atoms with E-state index < -0.39 is 65.2 Å². The second-order valence-electron chi connectivity index (χ2n) is 12.0. The van der Waals surface area contributed by atoms with Crippen molar-refractivity contribution in [2.45, 2.75) is 59.2 Å². The summed E-state index contributed by atoms with van der Waals surface area (Å²) in [4.78, 5) is 76.8. The fraction of sp³-hybridized carbons (Fsp3) is 0.355. The molecule has 242 valence electrons. The van der Waals surface area contributed by atoms with Gasteiger partial charge in [-0.1, -0.05) is 62.7 Å². The summed E-state index contributed by atoms with van der Waals surface area (Å²) >= 11 is 6.06. The number of nitrogen functional groups attached to an aromatic ring is 1. The topological polar surface area (TPSA) is 197 Å². The van der Waals surface area contributed by atoms with Gasteiger partial charge in [0.1, 0.15) is 24.2 Å². The molecule has 0 heterocycles. The van der Waals surface area contributed by atoms with Gasteiger partial charge in [-0.15, -0.1) is 0 Å². The van der Waals surface area contributed by atoms with Crippen molar-refractivity contribution in [1.82, 2.24) is 21.1 Å². The normalized spacial score (nSPS) is 12.9. The first kappa shape index (κ1) is 36.3. The largest absolute Gasteiger partial charge is 0.478 e. The van der Waals surface area contributed by atoms with Crippen molar-refractivity contribution in [3.63, 3.8) is 0 Å². The number of nitrogens with zero attached hydrogens (tertiary/aromatic N) is 1. The number of hydrazine groups is 1. The highest BCUT2D eigenvalue weighted by molar-refractivity contribution is 6.33. The first-order chi connectivity index (χ1) is 20.8. The van der Waals surface area contributed by atoms with Crippen molar-refractivity contribution in [3.8, 4) is 0 Å². The van der Waals surface area contributed by atoms with Crippen LogP contribution in [0.15, 0.2) is 60.7 Å². The van der Waals surface area contributed by atoms with E-state index in [1.54, 1.807) is 71.9 Å². The van der Waals surface area contributed by atoms with Gasteiger partial charge >= 0.3 is 11.9 Å². The molecule has 0 aromatic heterocycles. The lowest BCUT2D eigenvalue weighted by Gasteiger charge is -2.32. The number of ether oxygens (including phenoxy) is 1. The summed E-state index contributed by atoms with van der Waals surface area (Å²) in [6, 6.07) is 9.70. The summed E-state index contributed by atoms with van der Waals surface area (Å²) in [6.07, 6.45) is 1.19. The number of carbonyl (C=O) groups is 6.